The third-order valence-electron chi connectivity index (χ3n) is 4.45. The quantitative estimate of drug-likeness (QED) is 0.898. The van der Waals surface area contributed by atoms with Gasteiger partial charge >= 0.3 is 0 Å². The van der Waals surface area contributed by atoms with E-state index >= 15 is 0 Å². The van der Waals surface area contributed by atoms with Gasteiger partial charge in [0.15, 0.2) is 0 Å². The molecule has 3 rings (SSSR count). The molecule has 1 N–H and O–H groups in total. The average molecular weight is 308 g/mol. The van der Waals surface area contributed by atoms with E-state index in [1.807, 2.05) is 0 Å². The molecule has 1 aromatic rings. The van der Waals surface area contributed by atoms with Crippen molar-refractivity contribution in [2.45, 2.75) is 25.4 Å². The first kappa shape index (κ1) is 15.5. The summed E-state index contributed by atoms with van der Waals surface area (Å²) < 4.78 is 10.8. The van der Waals surface area contributed by atoms with E-state index < -0.39 is 5.60 Å². The molecule has 1 aromatic heterocycles. The number of ether oxygens (including phenoxy) is 1. The number of carbonyl (C=O) groups is 1. The molecule has 2 aliphatic rings. The molecule has 22 heavy (non-hydrogen) atoms. The van der Waals surface area contributed by atoms with Crippen molar-refractivity contribution in [3.63, 3.8) is 0 Å². The number of β-amino-alcohol motifs (C(OH)–C–C–N with tert-alkyl or cyclic N) is 1. The molecule has 6 nitrogen and oxygen atoms in total. The Balaban J connectivity index is 1.71. The van der Waals surface area contributed by atoms with E-state index in [9.17, 15) is 9.90 Å². The molecular formula is C16H24N2O4. The van der Waals surface area contributed by atoms with Gasteiger partial charge in [-0.1, -0.05) is 0 Å². The first-order valence-electron chi connectivity index (χ1n) is 7.93. The fourth-order valence-corrected chi connectivity index (χ4v) is 3.32. The number of hydrogen-bond acceptors (Lipinski definition) is 5. The van der Waals surface area contributed by atoms with E-state index in [-0.39, 0.29) is 12.5 Å². The summed E-state index contributed by atoms with van der Waals surface area (Å²) in [4.78, 5) is 16.6. The zero-order valence-corrected chi connectivity index (χ0v) is 13.1. The van der Waals surface area contributed by atoms with Crippen molar-refractivity contribution in [2.24, 2.45) is 0 Å². The lowest BCUT2D eigenvalue weighted by Gasteiger charge is -2.33. The Kier molecular flexibility index (Phi) is 4.52. The fourth-order valence-electron chi connectivity index (χ4n) is 3.32. The highest BCUT2D eigenvalue weighted by Crippen LogP contribution is 2.20. The Labute approximate surface area is 130 Å². The summed E-state index contributed by atoms with van der Waals surface area (Å²) in [5, 5.41) is 10.9. The summed E-state index contributed by atoms with van der Waals surface area (Å²) in [5.41, 5.74) is -0.445. The van der Waals surface area contributed by atoms with Crippen molar-refractivity contribution < 1.29 is 19.1 Å². The number of aliphatic hydroxyl groups is 1. The molecule has 2 saturated heterocycles. The van der Waals surface area contributed by atoms with Gasteiger partial charge in [0.05, 0.1) is 31.6 Å². The summed E-state index contributed by atoms with van der Waals surface area (Å²) in [5.74, 6) is 0.509. The van der Waals surface area contributed by atoms with E-state index in [1.165, 1.54) is 19.1 Å². The van der Waals surface area contributed by atoms with Crippen molar-refractivity contribution in [1.82, 2.24) is 9.80 Å². The number of likely N-dealkylation sites (tertiary alicyclic amines) is 1. The highest BCUT2D eigenvalue weighted by molar-refractivity contribution is 5.95. The molecule has 0 aliphatic carbocycles. The zero-order chi connectivity index (χ0) is 15.6. The Hall–Kier alpha value is -1.37. The van der Waals surface area contributed by atoms with Crippen molar-refractivity contribution in [3.05, 3.63) is 23.7 Å². The molecule has 122 valence electrons. The number of amides is 1. The van der Waals surface area contributed by atoms with Crippen LogP contribution in [0, 0.1) is 6.92 Å². The summed E-state index contributed by atoms with van der Waals surface area (Å²) >= 11 is 0. The van der Waals surface area contributed by atoms with Gasteiger partial charge in [-0.2, -0.15) is 0 Å². The minimum Gasteiger partial charge on any atom is -0.469 e. The lowest BCUT2D eigenvalue weighted by atomic mass is 10.0. The van der Waals surface area contributed by atoms with Gasteiger partial charge in [-0.3, -0.25) is 4.79 Å². The van der Waals surface area contributed by atoms with Crippen LogP contribution < -0.4 is 0 Å². The second-order valence-electron chi connectivity index (χ2n) is 6.38. The van der Waals surface area contributed by atoms with Crippen LogP contribution in [0.15, 0.2) is 16.7 Å². The maximum Gasteiger partial charge on any atom is 0.257 e. The van der Waals surface area contributed by atoms with E-state index in [0.717, 1.165) is 13.1 Å². The number of aryl methyl sites for hydroxylation is 1. The lowest BCUT2D eigenvalue weighted by molar-refractivity contribution is -0.0524. The minimum atomic E-state index is -1.01. The summed E-state index contributed by atoms with van der Waals surface area (Å²) in [6, 6.07) is 1.68. The van der Waals surface area contributed by atoms with Crippen molar-refractivity contribution in [1.29, 1.82) is 0 Å². The monoisotopic (exact) mass is 308 g/mol. The Morgan fingerprint density at radius 3 is 2.82 bits per heavy atom. The van der Waals surface area contributed by atoms with Gasteiger partial charge in [0, 0.05) is 13.1 Å². The molecule has 0 saturated carbocycles. The molecule has 0 unspecified atom stereocenters. The van der Waals surface area contributed by atoms with Crippen LogP contribution in [0.1, 0.15) is 29.0 Å². The third kappa shape index (κ3) is 3.34. The maximum absolute atomic E-state index is 12.6. The molecule has 3 heterocycles. The lowest BCUT2D eigenvalue weighted by Crippen LogP contribution is -2.53. The van der Waals surface area contributed by atoms with Crippen LogP contribution in [-0.2, 0) is 4.74 Å². The second kappa shape index (κ2) is 6.40. The Morgan fingerprint density at radius 1 is 1.36 bits per heavy atom. The van der Waals surface area contributed by atoms with Crippen molar-refractivity contribution >= 4 is 5.91 Å². The molecule has 1 amide bonds. The number of furan rings is 1. The maximum atomic E-state index is 12.6. The highest BCUT2D eigenvalue weighted by Gasteiger charge is 2.37. The van der Waals surface area contributed by atoms with E-state index in [1.54, 1.807) is 17.9 Å². The van der Waals surface area contributed by atoms with Crippen molar-refractivity contribution in [3.8, 4) is 0 Å². The molecule has 2 aliphatic heterocycles. The average Bonchev–Trinajstić information content (AvgIpc) is 3.09. The Morgan fingerprint density at radius 2 is 2.14 bits per heavy atom. The first-order valence-corrected chi connectivity index (χ1v) is 7.93. The van der Waals surface area contributed by atoms with Crippen LogP contribution in [0.25, 0.3) is 0 Å². The van der Waals surface area contributed by atoms with Gasteiger partial charge in [0.2, 0.25) is 0 Å². The fraction of sp³-hybridized carbons (Fsp3) is 0.688. The number of nitrogens with zero attached hydrogens (tertiary/aromatic N) is 2. The number of rotatable bonds is 3. The van der Waals surface area contributed by atoms with Crippen LogP contribution in [0.4, 0.5) is 0 Å². The van der Waals surface area contributed by atoms with Gasteiger partial charge in [0.25, 0.3) is 5.91 Å². The van der Waals surface area contributed by atoms with Gasteiger partial charge in [-0.15, -0.1) is 0 Å². The van der Waals surface area contributed by atoms with Crippen LogP contribution in [0.3, 0.4) is 0 Å². The SMILES string of the molecule is Cc1occc1C(=O)N1CCOC[C@@](O)(CN2CCCC2)C1. The molecule has 1 atom stereocenters. The van der Waals surface area contributed by atoms with Gasteiger partial charge in [-0.05, 0) is 38.9 Å². The predicted molar refractivity (Wildman–Crippen MR) is 80.8 cm³/mol. The van der Waals surface area contributed by atoms with Crippen LogP contribution in [-0.4, -0.2) is 72.4 Å². The molecule has 0 radical (unpaired) electrons. The number of carbonyl (C=O) groups excluding carboxylic acids is 1. The highest BCUT2D eigenvalue weighted by atomic mass is 16.5. The Bertz CT molecular complexity index is 524. The largest absolute Gasteiger partial charge is 0.469 e. The standard InChI is InChI=1S/C16H24N2O4/c1-13-14(4-8-22-13)15(19)18-7-9-21-12-16(20,11-18)10-17-5-2-3-6-17/h4,8,20H,2-3,5-7,9-12H2,1H3/t16-/m1/s1. The van der Waals surface area contributed by atoms with E-state index in [4.69, 9.17) is 9.15 Å². The van der Waals surface area contributed by atoms with Gasteiger partial charge in [0.1, 0.15) is 11.4 Å². The van der Waals surface area contributed by atoms with Gasteiger partial charge < -0.3 is 24.1 Å². The van der Waals surface area contributed by atoms with Crippen LogP contribution in [0.2, 0.25) is 0 Å². The topological polar surface area (TPSA) is 66.2 Å². The van der Waals surface area contributed by atoms with Gasteiger partial charge in [-0.25, -0.2) is 0 Å². The van der Waals surface area contributed by atoms with Crippen molar-refractivity contribution in [2.75, 3.05) is 45.9 Å². The van der Waals surface area contributed by atoms with Crippen LogP contribution >= 0.6 is 0 Å². The molecule has 0 bridgehead atoms. The molecule has 2 fully saturated rings. The molecule has 6 heteroatoms. The molecule has 0 spiro atoms. The van der Waals surface area contributed by atoms with Crippen LogP contribution in [0.5, 0.6) is 0 Å². The summed E-state index contributed by atoms with van der Waals surface area (Å²) in [7, 11) is 0. The molecule has 0 aromatic carbocycles. The summed E-state index contributed by atoms with van der Waals surface area (Å²) in [6.07, 6.45) is 3.87. The zero-order valence-electron chi connectivity index (χ0n) is 13.1. The third-order valence-corrected chi connectivity index (χ3v) is 4.45. The van der Waals surface area contributed by atoms with E-state index in [2.05, 4.69) is 4.90 Å². The second-order valence-corrected chi connectivity index (χ2v) is 6.38. The molecular weight excluding hydrogens is 284 g/mol. The predicted octanol–water partition coefficient (Wildman–Crippen LogP) is 0.887. The summed E-state index contributed by atoms with van der Waals surface area (Å²) in [6.45, 7) is 5.87. The first-order chi connectivity index (χ1) is 10.6. The number of hydrogen-bond donors (Lipinski definition) is 1. The minimum absolute atomic E-state index is 0.100. The smallest absolute Gasteiger partial charge is 0.257 e. The normalized spacial score (nSPS) is 27.1. The van der Waals surface area contributed by atoms with E-state index in [0.29, 0.717) is 37.6 Å².